The molecule has 0 aliphatic rings. The van der Waals surface area contributed by atoms with Gasteiger partial charge in [0.05, 0.1) is 11.5 Å². The lowest BCUT2D eigenvalue weighted by Crippen LogP contribution is -2.57. The third-order valence-corrected chi connectivity index (χ3v) is 8.40. The molecule has 0 radical (unpaired) electrons. The molecule has 6 nitrogen and oxygen atoms in total. The van der Waals surface area contributed by atoms with Crippen molar-refractivity contribution in [3.63, 3.8) is 0 Å². The summed E-state index contributed by atoms with van der Waals surface area (Å²) in [4.78, 5) is 0. The van der Waals surface area contributed by atoms with Crippen molar-refractivity contribution in [3.8, 4) is 0 Å². The number of rotatable bonds is 9. The minimum atomic E-state index is -3.78. The van der Waals surface area contributed by atoms with E-state index in [0.29, 0.717) is 0 Å². The van der Waals surface area contributed by atoms with Gasteiger partial charge in [-0.15, -0.1) is 0 Å². The molecule has 2 aromatic carbocycles. The standard InChI is InChI=1S/C20H26O6S2/c1-3-27(23,24)15-19(21,17-11-7-5-8-12-17)20(22,16-28(25,26)4-2)18-13-9-6-10-14-18/h5-14,21-22H,3-4,15-16H2,1-2H3. The number of benzene rings is 2. The maximum Gasteiger partial charge on any atom is 0.153 e. The van der Waals surface area contributed by atoms with Crippen molar-refractivity contribution in [3.05, 3.63) is 71.8 Å². The van der Waals surface area contributed by atoms with Crippen molar-refractivity contribution in [2.75, 3.05) is 23.0 Å². The summed E-state index contributed by atoms with van der Waals surface area (Å²) in [5.74, 6) is -2.14. The van der Waals surface area contributed by atoms with Crippen molar-refractivity contribution >= 4 is 19.7 Å². The van der Waals surface area contributed by atoms with Crippen LogP contribution in [0.2, 0.25) is 0 Å². The van der Waals surface area contributed by atoms with Gasteiger partial charge in [-0.25, -0.2) is 16.8 Å². The minimum absolute atomic E-state index is 0.129. The molecule has 2 aromatic rings. The van der Waals surface area contributed by atoms with Crippen LogP contribution in [-0.4, -0.2) is 50.1 Å². The van der Waals surface area contributed by atoms with Crippen molar-refractivity contribution < 1.29 is 27.0 Å². The summed E-state index contributed by atoms with van der Waals surface area (Å²) in [5, 5.41) is 23.4. The Labute approximate surface area is 166 Å². The largest absolute Gasteiger partial charge is 0.381 e. The van der Waals surface area contributed by atoms with E-state index < -0.39 is 42.4 Å². The second kappa shape index (κ2) is 8.32. The zero-order valence-electron chi connectivity index (χ0n) is 15.9. The smallest absolute Gasteiger partial charge is 0.153 e. The molecule has 2 N–H and O–H groups in total. The Morgan fingerprint density at radius 1 is 0.643 bits per heavy atom. The van der Waals surface area contributed by atoms with E-state index in [2.05, 4.69) is 0 Å². The molecule has 0 aliphatic heterocycles. The topological polar surface area (TPSA) is 109 Å². The molecule has 0 bridgehead atoms. The Hall–Kier alpha value is -1.74. The fourth-order valence-corrected chi connectivity index (χ4v) is 5.64. The van der Waals surface area contributed by atoms with Crippen LogP contribution in [0.5, 0.6) is 0 Å². The summed E-state index contributed by atoms with van der Waals surface area (Å²) in [5.41, 5.74) is -4.48. The average molecular weight is 427 g/mol. The number of hydrogen-bond acceptors (Lipinski definition) is 6. The summed E-state index contributed by atoms with van der Waals surface area (Å²) in [6.07, 6.45) is 0. The Morgan fingerprint density at radius 3 is 1.18 bits per heavy atom. The normalized spacial score (nSPS) is 16.9. The van der Waals surface area contributed by atoms with Crippen LogP contribution in [-0.2, 0) is 30.9 Å². The third-order valence-electron chi connectivity index (χ3n) is 4.92. The van der Waals surface area contributed by atoms with E-state index in [4.69, 9.17) is 0 Å². The van der Waals surface area contributed by atoms with E-state index in [-0.39, 0.29) is 22.6 Å². The van der Waals surface area contributed by atoms with Crippen LogP contribution >= 0.6 is 0 Å². The SMILES string of the molecule is CCS(=O)(=O)CC(O)(c1ccccc1)C(O)(CS(=O)(=O)CC)c1ccccc1. The molecule has 2 unspecified atom stereocenters. The first-order valence-electron chi connectivity index (χ1n) is 8.96. The molecule has 0 aliphatic carbocycles. The van der Waals surface area contributed by atoms with Crippen LogP contribution < -0.4 is 0 Å². The third kappa shape index (κ3) is 4.63. The van der Waals surface area contributed by atoms with Crippen molar-refractivity contribution in [1.29, 1.82) is 0 Å². The Bertz CT molecular complexity index is 904. The van der Waals surface area contributed by atoms with Gasteiger partial charge in [-0.2, -0.15) is 0 Å². The molecule has 28 heavy (non-hydrogen) atoms. The summed E-state index contributed by atoms with van der Waals surface area (Å²) in [7, 11) is -7.57. The molecule has 154 valence electrons. The lowest BCUT2D eigenvalue weighted by atomic mass is 9.75. The second-order valence-corrected chi connectivity index (χ2v) is 11.5. The first-order valence-corrected chi connectivity index (χ1v) is 12.6. The molecule has 0 heterocycles. The zero-order valence-corrected chi connectivity index (χ0v) is 17.6. The summed E-state index contributed by atoms with van der Waals surface area (Å²) < 4.78 is 49.9. The molecule has 0 amide bonds. The van der Waals surface area contributed by atoms with Gasteiger partial charge in [-0.1, -0.05) is 74.5 Å². The molecular formula is C20H26O6S2. The van der Waals surface area contributed by atoms with E-state index in [1.165, 1.54) is 38.1 Å². The molecule has 2 rings (SSSR count). The molecule has 0 saturated heterocycles. The van der Waals surface area contributed by atoms with Crippen molar-refractivity contribution in [2.24, 2.45) is 0 Å². The van der Waals surface area contributed by atoms with Gasteiger partial charge in [-0.3, -0.25) is 0 Å². The average Bonchev–Trinajstić information content (AvgIpc) is 2.68. The first kappa shape index (κ1) is 22.5. The lowest BCUT2D eigenvalue weighted by molar-refractivity contribution is -0.138. The fraction of sp³-hybridized carbons (Fsp3) is 0.400. The molecule has 2 atom stereocenters. The van der Waals surface area contributed by atoms with Crippen molar-refractivity contribution in [1.82, 2.24) is 0 Å². The number of hydrogen-bond donors (Lipinski definition) is 2. The lowest BCUT2D eigenvalue weighted by Gasteiger charge is -2.44. The molecule has 8 heteroatoms. The Kier molecular flexibility index (Phi) is 6.70. The molecular weight excluding hydrogens is 400 g/mol. The monoisotopic (exact) mass is 426 g/mol. The molecule has 0 aromatic heterocycles. The number of sulfone groups is 2. The van der Waals surface area contributed by atoms with Crippen LogP contribution in [0.3, 0.4) is 0 Å². The van der Waals surface area contributed by atoms with E-state index in [1.807, 2.05) is 0 Å². The highest BCUT2D eigenvalue weighted by Gasteiger charge is 2.55. The van der Waals surface area contributed by atoms with Gasteiger partial charge < -0.3 is 10.2 Å². The van der Waals surface area contributed by atoms with Gasteiger partial charge in [0.25, 0.3) is 0 Å². The summed E-state index contributed by atoms with van der Waals surface area (Å²) >= 11 is 0. The molecule has 0 spiro atoms. The fourth-order valence-electron chi connectivity index (χ4n) is 3.15. The van der Waals surface area contributed by atoms with Gasteiger partial charge in [0.15, 0.2) is 19.7 Å². The maximum atomic E-state index is 12.5. The van der Waals surface area contributed by atoms with Gasteiger partial charge in [0.1, 0.15) is 11.2 Å². The summed E-state index contributed by atoms with van der Waals surface area (Å²) in [6, 6.07) is 15.7. The van der Waals surface area contributed by atoms with Gasteiger partial charge >= 0.3 is 0 Å². The quantitative estimate of drug-likeness (QED) is 0.631. The summed E-state index contributed by atoms with van der Waals surface area (Å²) in [6.45, 7) is 2.87. The predicted molar refractivity (Wildman–Crippen MR) is 109 cm³/mol. The second-order valence-electron chi connectivity index (χ2n) is 6.81. The van der Waals surface area contributed by atoms with Crippen LogP contribution in [0.4, 0.5) is 0 Å². The first-order chi connectivity index (χ1) is 13.0. The minimum Gasteiger partial charge on any atom is -0.381 e. The predicted octanol–water partition coefficient (Wildman–Crippen LogP) is 1.63. The highest BCUT2D eigenvalue weighted by Crippen LogP contribution is 2.43. The van der Waals surface area contributed by atoms with Crippen LogP contribution in [0, 0.1) is 0 Å². The highest BCUT2D eigenvalue weighted by molar-refractivity contribution is 7.91. The van der Waals surface area contributed by atoms with E-state index in [0.717, 1.165) is 0 Å². The van der Waals surface area contributed by atoms with Gasteiger partial charge in [-0.05, 0) is 11.1 Å². The Morgan fingerprint density at radius 2 is 0.929 bits per heavy atom. The number of aliphatic hydroxyl groups is 2. The van der Waals surface area contributed by atoms with Crippen LogP contribution in [0.25, 0.3) is 0 Å². The Balaban J connectivity index is 2.82. The zero-order chi connectivity index (χ0) is 21.1. The molecule has 0 fully saturated rings. The van der Waals surface area contributed by atoms with Crippen molar-refractivity contribution in [2.45, 2.75) is 25.0 Å². The van der Waals surface area contributed by atoms with E-state index in [1.54, 1.807) is 36.4 Å². The van der Waals surface area contributed by atoms with E-state index in [9.17, 15) is 27.0 Å². The van der Waals surface area contributed by atoms with E-state index >= 15 is 0 Å². The van der Waals surface area contributed by atoms with Crippen LogP contribution in [0.1, 0.15) is 25.0 Å². The van der Waals surface area contributed by atoms with Gasteiger partial charge in [0.2, 0.25) is 0 Å². The van der Waals surface area contributed by atoms with Gasteiger partial charge in [0, 0.05) is 11.5 Å². The molecule has 0 saturated carbocycles. The highest BCUT2D eigenvalue weighted by atomic mass is 32.2. The maximum absolute atomic E-state index is 12.5. The van der Waals surface area contributed by atoms with Crippen LogP contribution in [0.15, 0.2) is 60.7 Å².